The van der Waals surface area contributed by atoms with Crippen molar-refractivity contribution in [1.29, 1.82) is 0 Å². The van der Waals surface area contributed by atoms with Crippen LogP contribution in [-0.4, -0.2) is 44.8 Å². The highest BCUT2D eigenvalue weighted by Crippen LogP contribution is 2.28. The maximum Gasteiger partial charge on any atom is 0.240 e. The number of nitrogens with zero attached hydrogens (tertiary/aromatic N) is 1. The van der Waals surface area contributed by atoms with E-state index in [0.29, 0.717) is 6.54 Å². The van der Waals surface area contributed by atoms with Gasteiger partial charge < -0.3 is 10.2 Å². The van der Waals surface area contributed by atoms with Gasteiger partial charge in [0.05, 0.1) is 16.9 Å². The van der Waals surface area contributed by atoms with Gasteiger partial charge in [-0.1, -0.05) is 36.4 Å². The van der Waals surface area contributed by atoms with E-state index in [0.717, 1.165) is 16.7 Å². The minimum atomic E-state index is -3.64. The summed E-state index contributed by atoms with van der Waals surface area (Å²) in [6, 6.07) is 14.6. The molecule has 31 heavy (non-hydrogen) atoms. The number of sulfonamides is 1. The zero-order chi connectivity index (χ0) is 22.6. The molecule has 1 saturated heterocycles. The van der Waals surface area contributed by atoms with Gasteiger partial charge in [-0.2, -0.15) is 0 Å². The summed E-state index contributed by atoms with van der Waals surface area (Å²) in [7, 11) is -3.64. The summed E-state index contributed by atoms with van der Waals surface area (Å²) in [4.78, 5) is 26.9. The lowest BCUT2D eigenvalue weighted by Crippen LogP contribution is -2.38. The van der Waals surface area contributed by atoms with Crippen LogP contribution in [-0.2, 0) is 19.6 Å². The lowest BCUT2D eigenvalue weighted by Gasteiger charge is -2.25. The Morgan fingerprint density at radius 3 is 2.48 bits per heavy atom. The van der Waals surface area contributed by atoms with Gasteiger partial charge in [-0.05, 0) is 49.6 Å². The van der Waals surface area contributed by atoms with E-state index in [4.69, 9.17) is 0 Å². The summed E-state index contributed by atoms with van der Waals surface area (Å²) in [6.07, 6.45) is 0.164. The molecule has 2 amide bonds. The fourth-order valence-electron chi connectivity index (χ4n) is 3.67. The van der Waals surface area contributed by atoms with Crippen molar-refractivity contribution in [1.82, 2.24) is 14.9 Å². The molecule has 0 bridgehead atoms. The SMILES string of the molecule is Cc1ccc(S(=O)(=O)NCCNC(=O)C2CC(=O)N(C(C)c3ccccc3)C2)cc1C. The van der Waals surface area contributed by atoms with Gasteiger partial charge in [0.1, 0.15) is 0 Å². The summed E-state index contributed by atoms with van der Waals surface area (Å²) in [6.45, 7) is 6.32. The molecule has 0 aromatic heterocycles. The number of rotatable bonds is 8. The number of amides is 2. The van der Waals surface area contributed by atoms with Gasteiger partial charge in [0.15, 0.2) is 0 Å². The third kappa shape index (κ3) is 5.51. The Hall–Kier alpha value is -2.71. The van der Waals surface area contributed by atoms with Crippen LogP contribution < -0.4 is 10.0 Å². The van der Waals surface area contributed by atoms with E-state index in [9.17, 15) is 18.0 Å². The monoisotopic (exact) mass is 443 g/mol. The number of hydrogen-bond acceptors (Lipinski definition) is 4. The lowest BCUT2D eigenvalue weighted by atomic mass is 10.1. The van der Waals surface area contributed by atoms with E-state index in [-0.39, 0.29) is 42.3 Å². The molecule has 2 aromatic rings. The fourth-order valence-corrected chi connectivity index (χ4v) is 4.79. The first-order valence-corrected chi connectivity index (χ1v) is 11.9. The van der Waals surface area contributed by atoms with Crippen LogP contribution in [0.3, 0.4) is 0 Å². The van der Waals surface area contributed by atoms with Gasteiger partial charge in [-0.25, -0.2) is 13.1 Å². The molecule has 0 radical (unpaired) electrons. The van der Waals surface area contributed by atoms with Crippen molar-refractivity contribution < 1.29 is 18.0 Å². The number of hydrogen-bond donors (Lipinski definition) is 2. The summed E-state index contributed by atoms with van der Waals surface area (Å²) in [5.41, 5.74) is 2.95. The van der Waals surface area contributed by atoms with Crippen molar-refractivity contribution in [2.24, 2.45) is 5.92 Å². The number of likely N-dealkylation sites (tertiary alicyclic amines) is 1. The Bertz CT molecular complexity index is 1050. The maximum atomic E-state index is 12.5. The number of carbonyl (C=O) groups is 2. The Morgan fingerprint density at radius 1 is 1.10 bits per heavy atom. The van der Waals surface area contributed by atoms with E-state index in [1.165, 1.54) is 0 Å². The van der Waals surface area contributed by atoms with E-state index in [1.54, 1.807) is 23.1 Å². The van der Waals surface area contributed by atoms with E-state index in [2.05, 4.69) is 10.0 Å². The van der Waals surface area contributed by atoms with Gasteiger partial charge in [0.25, 0.3) is 0 Å². The summed E-state index contributed by atoms with van der Waals surface area (Å²) in [5.74, 6) is -0.719. The smallest absolute Gasteiger partial charge is 0.240 e. The standard InChI is InChI=1S/C23H29N3O4S/c1-16-9-10-21(13-17(16)2)31(29,30)25-12-11-24-23(28)20-14-22(27)26(15-20)18(3)19-7-5-4-6-8-19/h4-10,13,18,20,25H,11-12,14-15H2,1-3H3,(H,24,28). The number of aryl methyl sites for hydroxylation is 2. The van der Waals surface area contributed by atoms with E-state index >= 15 is 0 Å². The molecule has 2 atom stereocenters. The zero-order valence-electron chi connectivity index (χ0n) is 18.1. The number of carbonyl (C=O) groups excluding carboxylic acids is 2. The van der Waals surface area contributed by atoms with Crippen LogP contribution >= 0.6 is 0 Å². The van der Waals surface area contributed by atoms with E-state index in [1.807, 2.05) is 51.1 Å². The second-order valence-corrected chi connectivity index (χ2v) is 9.74. The van der Waals surface area contributed by atoms with Crippen LogP contribution in [0.4, 0.5) is 0 Å². The van der Waals surface area contributed by atoms with Gasteiger partial charge >= 0.3 is 0 Å². The maximum absolute atomic E-state index is 12.5. The molecule has 2 aromatic carbocycles. The van der Waals surface area contributed by atoms with Crippen molar-refractivity contribution in [3.8, 4) is 0 Å². The van der Waals surface area contributed by atoms with Crippen LogP contribution in [0.15, 0.2) is 53.4 Å². The minimum Gasteiger partial charge on any atom is -0.354 e. The first kappa shape index (κ1) is 23.0. The summed E-state index contributed by atoms with van der Waals surface area (Å²) < 4.78 is 27.3. The first-order valence-electron chi connectivity index (χ1n) is 10.4. The molecule has 3 rings (SSSR count). The van der Waals surface area contributed by atoms with Gasteiger partial charge in [-0.3, -0.25) is 9.59 Å². The van der Waals surface area contributed by atoms with Crippen molar-refractivity contribution in [2.45, 2.75) is 38.1 Å². The molecular weight excluding hydrogens is 414 g/mol. The first-order chi connectivity index (χ1) is 14.7. The minimum absolute atomic E-state index is 0.0491. The molecule has 2 unspecified atom stereocenters. The highest BCUT2D eigenvalue weighted by atomic mass is 32.2. The molecule has 1 fully saturated rings. The highest BCUT2D eigenvalue weighted by Gasteiger charge is 2.36. The van der Waals surface area contributed by atoms with Crippen molar-refractivity contribution >= 4 is 21.8 Å². The Balaban J connectivity index is 1.49. The molecule has 7 nitrogen and oxygen atoms in total. The second-order valence-electron chi connectivity index (χ2n) is 7.97. The molecule has 0 aliphatic carbocycles. The molecule has 0 spiro atoms. The number of nitrogens with one attached hydrogen (secondary N) is 2. The Kier molecular flexibility index (Phi) is 7.12. The Morgan fingerprint density at radius 2 is 1.81 bits per heavy atom. The predicted molar refractivity (Wildman–Crippen MR) is 119 cm³/mol. The molecule has 1 aliphatic heterocycles. The molecule has 0 saturated carbocycles. The van der Waals surface area contributed by atoms with Crippen molar-refractivity contribution in [3.05, 3.63) is 65.2 Å². The molecule has 1 aliphatic rings. The predicted octanol–water partition coefficient (Wildman–Crippen LogP) is 2.31. The molecule has 1 heterocycles. The molecule has 2 N–H and O–H groups in total. The summed E-state index contributed by atoms with van der Waals surface area (Å²) in [5, 5.41) is 2.74. The van der Waals surface area contributed by atoms with Crippen LogP contribution in [0.5, 0.6) is 0 Å². The lowest BCUT2D eigenvalue weighted by molar-refractivity contribution is -0.130. The number of benzene rings is 2. The fraction of sp³-hybridized carbons (Fsp3) is 0.391. The molecule has 166 valence electrons. The van der Waals surface area contributed by atoms with Crippen LogP contribution in [0.25, 0.3) is 0 Å². The van der Waals surface area contributed by atoms with Crippen LogP contribution in [0.2, 0.25) is 0 Å². The Labute approximate surface area is 183 Å². The second kappa shape index (κ2) is 9.62. The molecular formula is C23H29N3O4S. The topological polar surface area (TPSA) is 95.6 Å². The third-order valence-electron chi connectivity index (χ3n) is 5.78. The summed E-state index contributed by atoms with van der Waals surface area (Å²) >= 11 is 0. The third-order valence-corrected chi connectivity index (χ3v) is 7.24. The quantitative estimate of drug-likeness (QED) is 0.612. The van der Waals surface area contributed by atoms with Crippen LogP contribution in [0, 0.1) is 19.8 Å². The van der Waals surface area contributed by atoms with E-state index < -0.39 is 15.9 Å². The highest BCUT2D eigenvalue weighted by molar-refractivity contribution is 7.89. The normalized spacial score (nSPS) is 17.6. The average Bonchev–Trinajstić information content (AvgIpc) is 3.14. The zero-order valence-corrected chi connectivity index (χ0v) is 18.9. The van der Waals surface area contributed by atoms with Gasteiger partial charge in [0.2, 0.25) is 21.8 Å². The van der Waals surface area contributed by atoms with Gasteiger partial charge in [0, 0.05) is 26.1 Å². The van der Waals surface area contributed by atoms with Gasteiger partial charge in [-0.15, -0.1) is 0 Å². The van der Waals surface area contributed by atoms with Crippen LogP contribution in [0.1, 0.15) is 36.1 Å². The van der Waals surface area contributed by atoms with Crippen molar-refractivity contribution in [3.63, 3.8) is 0 Å². The molecule has 8 heteroatoms. The van der Waals surface area contributed by atoms with Crippen molar-refractivity contribution in [2.75, 3.05) is 19.6 Å². The average molecular weight is 444 g/mol. The largest absolute Gasteiger partial charge is 0.354 e.